The molecule has 0 bridgehead atoms. The summed E-state index contributed by atoms with van der Waals surface area (Å²) in [7, 11) is 1.78. The van der Waals surface area contributed by atoms with Gasteiger partial charge in [0.15, 0.2) is 21.4 Å². The molecule has 0 spiro atoms. The maximum atomic E-state index is 13.3. The fourth-order valence-corrected chi connectivity index (χ4v) is 3.98. The number of benzene rings is 2. The number of hydrazone groups is 1. The van der Waals surface area contributed by atoms with Crippen LogP contribution in [0.1, 0.15) is 16.4 Å². The van der Waals surface area contributed by atoms with Crippen molar-refractivity contribution < 1.29 is 4.39 Å². The van der Waals surface area contributed by atoms with Gasteiger partial charge in [-0.2, -0.15) is 10.4 Å². The van der Waals surface area contributed by atoms with Crippen LogP contribution in [0, 0.1) is 31.0 Å². The van der Waals surface area contributed by atoms with Crippen molar-refractivity contribution in [2.45, 2.75) is 13.8 Å². The zero-order valence-electron chi connectivity index (χ0n) is 18.5. The molecule has 0 radical (unpaired) electrons. The Balaban J connectivity index is 1.62. The summed E-state index contributed by atoms with van der Waals surface area (Å²) in [4.78, 5) is 17.3. The predicted molar refractivity (Wildman–Crippen MR) is 129 cm³/mol. The van der Waals surface area contributed by atoms with Gasteiger partial charge in [0.1, 0.15) is 11.9 Å². The zero-order valence-corrected chi connectivity index (χ0v) is 19.3. The Kier molecular flexibility index (Phi) is 6.42. The standard InChI is InChI=1S/C23H19FN8OS/c1-14-21(34-22(26-14)19(13-25)28-27-17-9-7-8-16(24)12-17)30-29-20-15(2)31(3)32(23(20)33)18-10-5-4-6-11-18/h4-12,27H,1-3H3/b28-19-,30-29?. The lowest BCUT2D eigenvalue weighted by atomic mass is 10.3. The summed E-state index contributed by atoms with van der Waals surface area (Å²) in [5.41, 5.74) is 4.89. The number of aromatic nitrogens is 3. The van der Waals surface area contributed by atoms with Crippen molar-refractivity contribution in [2.75, 3.05) is 5.43 Å². The van der Waals surface area contributed by atoms with Crippen LogP contribution in [0.2, 0.25) is 0 Å². The van der Waals surface area contributed by atoms with E-state index in [9.17, 15) is 14.4 Å². The molecule has 0 aliphatic rings. The summed E-state index contributed by atoms with van der Waals surface area (Å²) in [6.45, 7) is 3.52. The first kappa shape index (κ1) is 22.8. The molecule has 0 saturated heterocycles. The number of anilines is 1. The molecular formula is C23H19FN8OS. The van der Waals surface area contributed by atoms with Gasteiger partial charge in [0, 0.05) is 7.05 Å². The number of halogens is 1. The first-order valence-electron chi connectivity index (χ1n) is 10.1. The van der Waals surface area contributed by atoms with Crippen molar-refractivity contribution in [2.24, 2.45) is 22.4 Å². The summed E-state index contributed by atoms with van der Waals surface area (Å²) < 4.78 is 16.6. The summed E-state index contributed by atoms with van der Waals surface area (Å²) in [6.07, 6.45) is 0. The van der Waals surface area contributed by atoms with Crippen LogP contribution in [0.25, 0.3) is 5.69 Å². The molecule has 0 unspecified atom stereocenters. The van der Waals surface area contributed by atoms with Gasteiger partial charge >= 0.3 is 0 Å². The van der Waals surface area contributed by atoms with E-state index in [0.29, 0.717) is 27.1 Å². The quantitative estimate of drug-likeness (QED) is 0.237. The minimum Gasteiger partial charge on any atom is -0.283 e. The molecular weight excluding hydrogens is 455 g/mol. The number of azo groups is 1. The van der Waals surface area contributed by atoms with Crippen LogP contribution >= 0.6 is 11.3 Å². The Hall–Kier alpha value is -4.43. The molecule has 1 N–H and O–H groups in total. The molecule has 170 valence electrons. The fourth-order valence-electron chi connectivity index (χ4n) is 3.15. The first-order chi connectivity index (χ1) is 16.4. The summed E-state index contributed by atoms with van der Waals surface area (Å²) >= 11 is 1.11. The molecule has 4 rings (SSSR count). The van der Waals surface area contributed by atoms with E-state index in [4.69, 9.17) is 0 Å². The average molecular weight is 475 g/mol. The second-order valence-corrected chi connectivity index (χ2v) is 8.19. The van der Waals surface area contributed by atoms with Crippen LogP contribution in [0.4, 0.5) is 20.8 Å². The number of nitrogens with zero attached hydrogens (tertiary/aromatic N) is 7. The van der Waals surface area contributed by atoms with E-state index in [0.717, 1.165) is 17.0 Å². The summed E-state index contributed by atoms with van der Waals surface area (Å²) in [6, 6.07) is 17.0. The Morgan fingerprint density at radius 1 is 1.15 bits per heavy atom. The monoisotopic (exact) mass is 474 g/mol. The summed E-state index contributed by atoms with van der Waals surface area (Å²) in [5, 5.41) is 22.7. The van der Waals surface area contributed by atoms with Gasteiger partial charge in [0.25, 0.3) is 5.56 Å². The van der Waals surface area contributed by atoms with E-state index in [1.807, 2.05) is 36.4 Å². The van der Waals surface area contributed by atoms with Gasteiger partial charge in [-0.1, -0.05) is 35.6 Å². The van der Waals surface area contributed by atoms with Crippen LogP contribution in [-0.4, -0.2) is 20.1 Å². The SMILES string of the molecule is Cc1nc(/C(C#N)=N\Nc2cccc(F)c2)sc1N=Nc1c(C)n(C)n(-c2ccccc2)c1=O. The molecule has 0 aliphatic carbocycles. The Bertz CT molecular complexity index is 1510. The smallest absolute Gasteiger partial charge is 0.283 e. The molecule has 0 amide bonds. The van der Waals surface area contributed by atoms with E-state index in [-0.39, 0.29) is 17.0 Å². The number of thiazole rings is 1. The van der Waals surface area contributed by atoms with Crippen molar-refractivity contribution >= 4 is 33.4 Å². The minimum absolute atomic E-state index is 0.0149. The van der Waals surface area contributed by atoms with Gasteiger partial charge in [-0.25, -0.2) is 14.1 Å². The van der Waals surface area contributed by atoms with Gasteiger partial charge in [0.05, 0.1) is 22.8 Å². The second kappa shape index (κ2) is 9.60. The minimum atomic E-state index is -0.422. The molecule has 11 heteroatoms. The van der Waals surface area contributed by atoms with Crippen molar-refractivity contribution in [3.8, 4) is 11.8 Å². The van der Waals surface area contributed by atoms with E-state index in [1.165, 1.54) is 22.9 Å². The number of hydrogen-bond acceptors (Lipinski definition) is 8. The average Bonchev–Trinajstić information content (AvgIpc) is 3.29. The Labute approximate surface area is 198 Å². The van der Waals surface area contributed by atoms with Gasteiger partial charge in [-0.05, 0) is 44.2 Å². The molecule has 2 heterocycles. The van der Waals surface area contributed by atoms with Gasteiger partial charge in [-0.3, -0.25) is 14.9 Å². The topological polar surface area (TPSA) is 113 Å². The van der Waals surface area contributed by atoms with Crippen LogP contribution in [-0.2, 0) is 7.05 Å². The maximum Gasteiger partial charge on any atom is 0.299 e. The molecule has 2 aromatic heterocycles. The largest absolute Gasteiger partial charge is 0.299 e. The lowest BCUT2D eigenvalue weighted by Gasteiger charge is -2.07. The molecule has 0 atom stereocenters. The number of rotatable bonds is 6. The van der Waals surface area contributed by atoms with Crippen LogP contribution in [0.5, 0.6) is 0 Å². The lowest BCUT2D eigenvalue weighted by molar-refractivity contribution is 0.628. The van der Waals surface area contributed by atoms with Crippen molar-refractivity contribution in [3.05, 3.63) is 87.2 Å². The highest BCUT2D eigenvalue weighted by atomic mass is 32.1. The molecule has 34 heavy (non-hydrogen) atoms. The Morgan fingerprint density at radius 3 is 2.62 bits per heavy atom. The normalized spacial score (nSPS) is 11.7. The molecule has 2 aromatic carbocycles. The van der Waals surface area contributed by atoms with Gasteiger partial charge < -0.3 is 0 Å². The van der Waals surface area contributed by atoms with E-state index < -0.39 is 5.82 Å². The van der Waals surface area contributed by atoms with Crippen molar-refractivity contribution in [1.82, 2.24) is 14.3 Å². The molecule has 0 aliphatic heterocycles. The number of nitrogens with one attached hydrogen (secondary N) is 1. The predicted octanol–water partition coefficient (Wildman–Crippen LogP) is 5.14. The third-order valence-electron chi connectivity index (χ3n) is 4.97. The van der Waals surface area contributed by atoms with E-state index in [2.05, 4.69) is 25.7 Å². The maximum absolute atomic E-state index is 13.3. The highest BCUT2D eigenvalue weighted by Crippen LogP contribution is 2.30. The highest BCUT2D eigenvalue weighted by molar-refractivity contribution is 7.17. The lowest BCUT2D eigenvalue weighted by Crippen LogP contribution is -2.19. The summed E-state index contributed by atoms with van der Waals surface area (Å²) in [5.74, 6) is -0.422. The highest BCUT2D eigenvalue weighted by Gasteiger charge is 2.17. The molecule has 0 fully saturated rings. The third-order valence-corrected chi connectivity index (χ3v) is 6.02. The molecule has 4 aromatic rings. The number of nitriles is 1. The fraction of sp³-hybridized carbons (Fsp3) is 0.130. The van der Waals surface area contributed by atoms with Crippen LogP contribution in [0.15, 0.2) is 74.7 Å². The molecule has 9 nitrogen and oxygen atoms in total. The van der Waals surface area contributed by atoms with Crippen LogP contribution in [0.3, 0.4) is 0 Å². The van der Waals surface area contributed by atoms with Crippen molar-refractivity contribution in [3.63, 3.8) is 0 Å². The van der Waals surface area contributed by atoms with E-state index in [1.54, 1.807) is 31.6 Å². The number of aryl methyl sites for hydroxylation is 1. The number of para-hydroxylation sites is 1. The zero-order chi connectivity index (χ0) is 24.2. The number of hydrogen-bond donors (Lipinski definition) is 1. The third kappa shape index (κ3) is 4.53. The Morgan fingerprint density at radius 2 is 1.91 bits per heavy atom. The van der Waals surface area contributed by atoms with E-state index >= 15 is 0 Å². The first-order valence-corrected chi connectivity index (χ1v) is 10.9. The van der Waals surface area contributed by atoms with Gasteiger partial charge in [0.2, 0.25) is 0 Å². The van der Waals surface area contributed by atoms with Crippen molar-refractivity contribution in [1.29, 1.82) is 5.26 Å². The molecule has 0 saturated carbocycles. The second-order valence-electron chi connectivity index (χ2n) is 7.21. The van der Waals surface area contributed by atoms with Crippen LogP contribution < -0.4 is 11.0 Å². The van der Waals surface area contributed by atoms with Gasteiger partial charge in [-0.15, -0.1) is 10.2 Å².